The van der Waals surface area contributed by atoms with Gasteiger partial charge in [0, 0.05) is 27.4 Å². The van der Waals surface area contributed by atoms with Crippen LogP contribution < -0.4 is 10.3 Å². The van der Waals surface area contributed by atoms with E-state index in [-0.39, 0.29) is 6.29 Å². The predicted molar refractivity (Wildman–Crippen MR) is 133 cm³/mol. The average molecular weight is 428 g/mol. The Morgan fingerprint density at radius 1 is 0.727 bits per heavy atom. The topological polar surface area (TPSA) is 45.7 Å². The molecule has 0 bridgehead atoms. The van der Waals surface area contributed by atoms with Crippen molar-refractivity contribution in [2.75, 3.05) is 4.90 Å². The Kier molecular flexibility index (Phi) is 3.84. The lowest BCUT2D eigenvalue weighted by atomic mass is 10.1. The van der Waals surface area contributed by atoms with Crippen LogP contribution in [0.1, 0.15) is 11.9 Å². The number of hydrazone groups is 1. The van der Waals surface area contributed by atoms with Gasteiger partial charge in [0.15, 0.2) is 5.84 Å². The molecule has 158 valence electrons. The number of hydrogen-bond donors (Lipinski definition) is 1. The minimum Gasteiger partial charge on any atom is -0.464 e. The third kappa shape index (κ3) is 2.69. The van der Waals surface area contributed by atoms with Gasteiger partial charge < -0.3 is 8.98 Å². The fourth-order valence-electron chi connectivity index (χ4n) is 4.88. The molecule has 5 nitrogen and oxygen atoms in total. The third-order valence-corrected chi connectivity index (χ3v) is 6.35. The quantitative estimate of drug-likeness (QED) is 0.351. The highest BCUT2D eigenvalue weighted by Crippen LogP contribution is 2.38. The summed E-state index contributed by atoms with van der Waals surface area (Å²) in [6, 6.07) is 35.6. The van der Waals surface area contributed by atoms with Crippen molar-refractivity contribution in [3.05, 3.63) is 115 Å². The molecule has 0 amide bonds. The van der Waals surface area contributed by atoms with Crippen LogP contribution in [0, 0.1) is 0 Å². The van der Waals surface area contributed by atoms with Crippen LogP contribution in [0.3, 0.4) is 0 Å². The second kappa shape index (κ2) is 7.00. The van der Waals surface area contributed by atoms with E-state index in [4.69, 9.17) is 9.52 Å². The molecule has 0 fully saturated rings. The number of nitrogens with zero attached hydrogens (tertiary/aromatic N) is 3. The van der Waals surface area contributed by atoms with E-state index < -0.39 is 0 Å². The normalized spacial score (nSPS) is 15.9. The van der Waals surface area contributed by atoms with Crippen molar-refractivity contribution >= 4 is 44.3 Å². The van der Waals surface area contributed by atoms with Gasteiger partial charge in [0.05, 0.1) is 17.3 Å². The molecule has 2 aromatic heterocycles. The summed E-state index contributed by atoms with van der Waals surface area (Å²) in [6.45, 7) is 0. The van der Waals surface area contributed by atoms with Gasteiger partial charge in [-0.15, -0.1) is 0 Å². The highest BCUT2D eigenvalue weighted by molar-refractivity contribution is 6.14. The van der Waals surface area contributed by atoms with E-state index in [9.17, 15) is 0 Å². The molecule has 0 spiro atoms. The first-order chi connectivity index (χ1) is 16.4. The Morgan fingerprint density at radius 3 is 2.33 bits per heavy atom. The minimum atomic E-state index is -0.227. The fraction of sp³-hybridized carbons (Fsp3) is 0.0357. The number of fused-ring (bicyclic) bond motifs is 4. The highest BCUT2D eigenvalue weighted by atomic mass is 16.3. The molecule has 1 N–H and O–H groups in total. The molecule has 33 heavy (non-hydrogen) atoms. The zero-order valence-electron chi connectivity index (χ0n) is 17.7. The van der Waals surface area contributed by atoms with E-state index >= 15 is 0 Å². The van der Waals surface area contributed by atoms with Gasteiger partial charge in [0.2, 0.25) is 6.29 Å². The molecule has 1 aliphatic heterocycles. The number of hydrogen-bond acceptors (Lipinski definition) is 4. The second-order valence-electron chi connectivity index (χ2n) is 8.22. The summed E-state index contributed by atoms with van der Waals surface area (Å²) in [5, 5.41) is 8.26. The Morgan fingerprint density at radius 2 is 1.48 bits per heavy atom. The van der Waals surface area contributed by atoms with E-state index in [0.29, 0.717) is 0 Å². The van der Waals surface area contributed by atoms with Gasteiger partial charge in [-0.05, 0) is 36.4 Å². The Bertz CT molecular complexity index is 1650. The molecule has 0 aliphatic carbocycles. The van der Waals surface area contributed by atoms with Crippen LogP contribution >= 0.6 is 0 Å². The van der Waals surface area contributed by atoms with Crippen LogP contribution in [0.15, 0.2) is 119 Å². The standard InChI is InChI=1S/C28H20N4O/c1-3-9-19(10-4-1)27-29-30-28(31(27)21-11-5-2-6-12-21)32-24-14-8-7-13-22(24)23-18-26-20(15-16-33-26)17-25(23)32/h1-18,28,30H. The van der Waals surface area contributed by atoms with Crippen LogP contribution in [0.4, 0.5) is 5.69 Å². The molecular formula is C28H20N4O. The van der Waals surface area contributed by atoms with Crippen LogP contribution in [0.5, 0.6) is 0 Å². The lowest BCUT2D eigenvalue weighted by Crippen LogP contribution is -2.37. The highest BCUT2D eigenvalue weighted by Gasteiger charge is 2.33. The van der Waals surface area contributed by atoms with Gasteiger partial charge in [-0.25, -0.2) is 0 Å². The van der Waals surface area contributed by atoms with Gasteiger partial charge >= 0.3 is 0 Å². The zero-order chi connectivity index (χ0) is 21.8. The first kappa shape index (κ1) is 18.1. The summed E-state index contributed by atoms with van der Waals surface area (Å²) in [4.78, 5) is 2.26. The van der Waals surface area contributed by atoms with Gasteiger partial charge in [0.1, 0.15) is 5.58 Å². The monoisotopic (exact) mass is 428 g/mol. The maximum absolute atomic E-state index is 5.72. The predicted octanol–water partition coefficient (Wildman–Crippen LogP) is 6.47. The average Bonchev–Trinajstić information content (AvgIpc) is 3.59. The number of rotatable bonds is 3. The second-order valence-corrected chi connectivity index (χ2v) is 8.22. The van der Waals surface area contributed by atoms with E-state index in [2.05, 4.69) is 87.7 Å². The van der Waals surface area contributed by atoms with Crippen LogP contribution in [0.2, 0.25) is 0 Å². The molecule has 1 aliphatic rings. The van der Waals surface area contributed by atoms with Crippen molar-refractivity contribution in [2.45, 2.75) is 6.29 Å². The van der Waals surface area contributed by atoms with E-state index in [1.807, 2.05) is 30.3 Å². The summed E-state index contributed by atoms with van der Waals surface area (Å²) in [5.74, 6) is 0.891. The number of benzene rings is 4. The maximum atomic E-state index is 5.72. The lowest BCUT2D eigenvalue weighted by Gasteiger charge is -2.29. The molecular weight excluding hydrogens is 408 g/mol. The molecule has 7 rings (SSSR count). The van der Waals surface area contributed by atoms with Crippen molar-refractivity contribution in [3.63, 3.8) is 0 Å². The Labute approximate surface area is 190 Å². The molecule has 6 aromatic rings. The summed E-state index contributed by atoms with van der Waals surface area (Å²) >= 11 is 0. The number of nitrogens with one attached hydrogen (secondary N) is 1. The van der Waals surface area contributed by atoms with Crippen molar-refractivity contribution in [2.24, 2.45) is 5.10 Å². The van der Waals surface area contributed by atoms with Crippen molar-refractivity contribution in [1.82, 2.24) is 9.99 Å². The van der Waals surface area contributed by atoms with Gasteiger partial charge in [-0.2, -0.15) is 5.10 Å². The van der Waals surface area contributed by atoms with Crippen molar-refractivity contribution in [3.8, 4) is 0 Å². The Balaban J connectivity index is 1.50. The largest absolute Gasteiger partial charge is 0.464 e. The molecule has 0 saturated heterocycles. The molecule has 5 heteroatoms. The van der Waals surface area contributed by atoms with Crippen LogP contribution in [0.25, 0.3) is 32.8 Å². The fourth-order valence-corrected chi connectivity index (χ4v) is 4.88. The maximum Gasteiger partial charge on any atom is 0.203 e. The lowest BCUT2D eigenvalue weighted by molar-refractivity contribution is 0.481. The smallest absolute Gasteiger partial charge is 0.203 e. The number of amidine groups is 1. The number of aromatic nitrogens is 1. The van der Waals surface area contributed by atoms with E-state index in [1.165, 1.54) is 5.39 Å². The Hall–Kier alpha value is -4.51. The van der Waals surface area contributed by atoms with Gasteiger partial charge in [0.25, 0.3) is 0 Å². The van der Waals surface area contributed by atoms with Crippen LogP contribution in [-0.4, -0.2) is 10.4 Å². The number of anilines is 1. The number of para-hydroxylation sites is 2. The third-order valence-electron chi connectivity index (χ3n) is 6.35. The first-order valence-corrected chi connectivity index (χ1v) is 11.0. The molecule has 3 heterocycles. The van der Waals surface area contributed by atoms with Crippen molar-refractivity contribution in [1.29, 1.82) is 0 Å². The SMILES string of the molecule is c1ccc(C2=NNC(n3c4ccccc4c4cc5occc5cc43)N2c2ccccc2)cc1. The van der Waals surface area contributed by atoms with Gasteiger partial charge in [-0.1, -0.05) is 66.7 Å². The van der Waals surface area contributed by atoms with Crippen molar-refractivity contribution < 1.29 is 4.42 Å². The van der Waals surface area contributed by atoms with Crippen LogP contribution in [-0.2, 0) is 0 Å². The molecule has 1 unspecified atom stereocenters. The molecule has 1 atom stereocenters. The number of furan rings is 1. The van der Waals surface area contributed by atoms with E-state index in [0.717, 1.165) is 44.5 Å². The summed E-state index contributed by atoms with van der Waals surface area (Å²) < 4.78 is 8.05. The zero-order valence-corrected chi connectivity index (χ0v) is 17.7. The minimum absolute atomic E-state index is 0.227. The molecule has 0 radical (unpaired) electrons. The van der Waals surface area contributed by atoms with E-state index in [1.54, 1.807) is 6.26 Å². The van der Waals surface area contributed by atoms with Gasteiger partial charge in [-0.3, -0.25) is 10.3 Å². The molecule has 0 saturated carbocycles. The first-order valence-electron chi connectivity index (χ1n) is 11.0. The summed E-state index contributed by atoms with van der Waals surface area (Å²) in [7, 11) is 0. The summed E-state index contributed by atoms with van der Waals surface area (Å²) in [5.41, 5.74) is 8.74. The molecule has 4 aromatic carbocycles. The summed E-state index contributed by atoms with van der Waals surface area (Å²) in [6.07, 6.45) is 1.52.